The van der Waals surface area contributed by atoms with Gasteiger partial charge in [-0.05, 0) is 22.9 Å². The second-order valence-corrected chi connectivity index (χ2v) is 12.7. The molecule has 0 amide bonds. The number of ketones is 1. The van der Waals surface area contributed by atoms with Gasteiger partial charge >= 0.3 is 0 Å². The molecule has 1 unspecified atom stereocenters. The summed E-state index contributed by atoms with van der Waals surface area (Å²) in [7, 11) is 0. The Bertz CT molecular complexity index is 1710. The predicted molar refractivity (Wildman–Crippen MR) is 189 cm³/mol. The topological polar surface area (TPSA) is 111 Å². The Morgan fingerprint density at radius 1 is 0.917 bits per heavy atom. The molecule has 3 heterocycles. The zero-order valence-electron chi connectivity index (χ0n) is 26.6. The number of aliphatic imine (C=N–C) groups is 3. The van der Waals surface area contributed by atoms with Crippen LogP contribution in [0.3, 0.4) is 0 Å². The van der Waals surface area contributed by atoms with Crippen LogP contribution in [0, 0.1) is 0 Å². The number of Topliss-reactive ketones (excluding diaryl/α,β-unsaturated/α-hetero) is 1. The van der Waals surface area contributed by atoms with Crippen molar-refractivity contribution in [3.05, 3.63) is 144 Å². The number of fused-ring (bicyclic) bond motifs is 1. The first-order chi connectivity index (χ1) is 23.5. The average Bonchev–Trinajstić information content (AvgIpc) is 3.77. The Labute approximate surface area is 284 Å². The third-order valence-electron chi connectivity index (χ3n) is 8.98. The van der Waals surface area contributed by atoms with E-state index < -0.39 is 23.6 Å². The quantitative estimate of drug-likeness (QED) is 0.121. The molecule has 7 rings (SSSR count). The van der Waals surface area contributed by atoms with E-state index in [0.717, 1.165) is 16.7 Å². The third-order valence-corrected chi connectivity index (χ3v) is 9.35. The van der Waals surface area contributed by atoms with Gasteiger partial charge in [0.25, 0.3) is 0 Å². The number of hydrogen-bond donors (Lipinski definition) is 1. The van der Waals surface area contributed by atoms with Gasteiger partial charge in [-0.15, -0.1) is 11.8 Å². The monoisotopic (exact) mass is 659 g/mol. The van der Waals surface area contributed by atoms with Crippen molar-refractivity contribution in [3.63, 3.8) is 0 Å². The highest BCUT2D eigenvalue weighted by Gasteiger charge is 2.51. The highest BCUT2D eigenvalue weighted by atomic mass is 32.2. The Kier molecular flexibility index (Phi) is 9.34. The van der Waals surface area contributed by atoms with Crippen LogP contribution in [-0.4, -0.2) is 78.1 Å². The molecule has 10 heteroatoms. The molecule has 0 bridgehead atoms. The number of nitrogens with zero attached hydrogens (tertiary/aromatic N) is 4. The van der Waals surface area contributed by atoms with Crippen LogP contribution < -0.4 is 5.73 Å². The van der Waals surface area contributed by atoms with Gasteiger partial charge < -0.3 is 19.1 Å². The van der Waals surface area contributed by atoms with Gasteiger partial charge in [-0.25, -0.2) is 9.98 Å². The van der Waals surface area contributed by atoms with Gasteiger partial charge in [0.1, 0.15) is 36.7 Å². The molecule has 3 aliphatic heterocycles. The smallest absolute Gasteiger partial charge is 0.219 e. The van der Waals surface area contributed by atoms with Crippen molar-refractivity contribution in [1.29, 1.82) is 0 Å². The summed E-state index contributed by atoms with van der Waals surface area (Å²) in [5, 5.41) is 0. The van der Waals surface area contributed by atoms with E-state index >= 15 is 0 Å². The minimum absolute atomic E-state index is 0.230. The first-order valence-electron chi connectivity index (χ1n) is 15.9. The minimum Gasteiger partial charge on any atom is -0.365 e. The molecule has 0 spiro atoms. The number of ether oxygens (including phenoxy) is 3. The lowest BCUT2D eigenvalue weighted by Crippen LogP contribution is -2.59. The Balaban J connectivity index is 1.17. The maximum Gasteiger partial charge on any atom is 0.219 e. The van der Waals surface area contributed by atoms with Crippen LogP contribution in [0.15, 0.2) is 136 Å². The Morgan fingerprint density at radius 2 is 1.48 bits per heavy atom. The van der Waals surface area contributed by atoms with Gasteiger partial charge in [0.05, 0.1) is 18.6 Å². The van der Waals surface area contributed by atoms with E-state index in [-0.39, 0.29) is 25.2 Å². The van der Waals surface area contributed by atoms with Crippen LogP contribution >= 0.6 is 11.8 Å². The summed E-state index contributed by atoms with van der Waals surface area (Å²) in [4.78, 5) is 29.1. The largest absolute Gasteiger partial charge is 0.365 e. The Morgan fingerprint density at radius 3 is 2.04 bits per heavy atom. The van der Waals surface area contributed by atoms with E-state index in [0.29, 0.717) is 29.5 Å². The van der Waals surface area contributed by atoms with Crippen LogP contribution in [0.5, 0.6) is 0 Å². The Hall–Kier alpha value is -4.45. The third kappa shape index (κ3) is 5.91. The van der Waals surface area contributed by atoms with Gasteiger partial charge in [-0.1, -0.05) is 121 Å². The molecule has 1 saturated heterocycles. The van der Waals surface area contributed by atoms with Crippen molar-refractivity contribution in [1.82, 2.24) is 4.90 Å². The molecule has 1 fully saturated rings. The summed E-state index contributed by atoms with van der Waals surface area (Å²) in [6.45, 7) is 0.477. The minimum atomic E-state index is -1.68. The molecule has 0 saturated carbocycles. The fourth-order valence-corrected chi connectivity index (χ4v) is 6.95. The van der Waals surface area contributed by atoms with Crippen LogP contribution in [-0.2, 0) is 19.8 Å². The maximum atomic E-state index is 13.6. The van der Waals surface area contributed by atoms with Crippen molar-refractivity contribution in [2.24, 2.45) is 20.7 Å². The SMILES string of the molecule is CSCO[C@H]1C[C@H](N2CN=C3C2=NC=NC3(N)C(=O)c2ccccc2)O[C@@H]1COC(c1ccccc1)(c1ccccc1)c1ccccc1. The number of hydrogen-bond acceptors (Lipinski definition) is 10. The highest BCUT2D eigenvalue weighted by Crippen LogP contribution is 2.42. The zero-order chi connectivity index (χ0) is 33.0. The van der Waals surface area contributed by atoms with Crippen molar-refractivity contribution in [3.8, 4) is 0 Å². The van der Waals surface area contributed by atoms with Gasteiger partial charge in [-0.3, -0.25) is 15.5 Å². The second kappa shape index (κ2) is 14.0. The molecule has 48 heavy (non-hydrogen) atoms. The number of benzene rings is 4. The zero-order valence-corrected chi connectivity index (χ0v) is 27.4. The molecule has 4 atom stereocenters. The van der Waals surface area contributed by atoms with E-state index in [1.807, 2.05) is 71.8 Å². The van der Waals surface area contributed by atoms with Gasteiger partial charge in [-0.2, -0.15) is 0 Å². The lowest BCUT2D eigenvalue weighted by Gasteiger charge is -2.37. The van der Waals surface area contributed by atoms with Gasteiger partial charge in [0.15, 0.2) is 5.84 Å². The predicted octanol–water partition coefficient (Wildman–Crippen LogP) is 5.51. The number of carbonyl (C=O) groups is 1. The van der Waals surface area contributed by atoms with Crippen molar-refractivity contribution < 1.29 is 19.0 Å². The summed E-state index contributed by atoms with van der Waals surface area (Å²) in [6.07, 6.45) is 2.79. The molecule has 244 valence electrons. The maximum absolute atomic E-state index is 13.6. The van der Waals surface area contributed by atoms with Crippen LogP contribution in [0.25, 0.3) is 0 Å². The number of rotatable bonds is 12. The van der Waals surface area contributed by atoms with Crippen molar-refractivity contribution >= 4 is 35.4 Å². The van der Waals surface area contributed by atoms with Crippen LogP contribution in [0.2, 0.25) is 0 Å². The standard InChI is InChI=1S/C38H37N5O4S/c1-48-26-45-31-22-33(43-25-41-34-36(43)40-24-42-38(34,39)35(44)27-14-6-2-7-15-27)47-32(31)23-46-37(28-16-8-3-9-17-28,29-18-10-4-11-19-29)30-20-12-5-13-21-30/h2-21,24,31-33H,22-23,25-26,39H2,1H3/t31-,32+,33+,38?/m0/s1. The second-order valence-electron chi connectivity index (χ2n) is 11.8. The number of thioether (sulfide) groups is 1. The summed E-state index contributed by atoms with van der Waals surface area (Å²) in [6, 6.07) is 39.7. The molecular formula is C38H37N5O4S. The van der Waals surface area contributed by atoms with E-state index in [2.05, 4.69) is 46.4 Å². The normalized spacial score (nSPS) is 23.5. The lowest BCUT2D eigenvalue weighted by atomic mass is 9.80. The molecule has 4 aromatic rings. The molecule has 3 aliphatic rings. The number of amidine groups is 1. The van der Waals surface area contributed by atoms with Gasteiger partial charge in [0, 0.05) is 12.0 Å². The fourth-order valence-electron chi connectivity index (χ4n) is 6.64. The molecule has 4 aromatic carbocycles. The van der Waals surface area contributed by atoms with E-state index in [1.165, 1.54) is 6.34 Å². The summed E-state index contributed by atoms with van der Waals surface area (Å²) >= 11 is 1.61. The molecule has 0 aliphatic carbocycles. The average molecular weight is 660 g/mol. The number of carbonyl (C=O) groups excluding carboxylic acids is 1. The van der Waals surface area contributed by atoms with Crippen molar-refractivity contribution in [2.45, 2.75) is 36.1 Å². The fraction of sp³-hybridized carbons (Fsp3) is 0.263. The number of nitrogens with two attached hydrogens (primary N) is 1. The lowest BCUT2D eigenvalue weighted by molar-refractivity contribution is -0.104. The molecule has 9 nitrogen and oxygen atoms in total. The van der Waals surface area contributed by atoms with Crippen LogP contribution in [0.1, 0.15) is 33.5 Å². The van der Waals surface area contributed by atoms with E-state index in [4.69, 9.17) is 24.9 Å². The summed E-state index contributed by atoms with van der Waals surface area (Å²) < 4.78 is 20.3. The molecule has 2 N–H and O–H groups in total. The van der Waals surface area contributed by atoms with E-state index in [9.17, 15) is 4.79 Å². The van der Waals surface area contributed by atoms with Crippen molar-refractivity contribution in [2.75, 3.05) is 25.5 Å². The summed E-state index contributed by atoms with van der Waals surface area (Å²) in [5.41, 5.74) is 7.92. The molecule has 0 aromatic heterocycles. The highest BCUT2D eigenvalue weighted by molar-refractivity contribution is 7.98. The van der Waals surface area contributed by atoms with Crippen LogP contribution in [0.4, 0.5) is 0 Å². The molecule has 0 radical (unpaired) electrons. The van der Waals surface area contributed by atoms with E-state index in [1.54, 1.807) is 36.0 Å². The molecular weight excluding hydrogens is 623 g/mol. The summed E-state index contributed by atoms with van der Waals surface area (Å²) in [5.74, 6) is 0.649. The first kappa shape index (κ1) is 32.1. The van der Waals surface area contributed by atoms with Gasteiger partial charge in [0.2, 0.25) is 11.4 Å². The first-order valence-corrected chi connectivity index (χ1v) is 17.3.